The molecule has 0 spiro atoms. The van der Waals surface area contributed by atoms with E-state index in [1.54, 1.807) is 37.3 Å². The third-order valence-corrected chi connectivity index (χ3v) is 3.27. The van der Waals surface area contributed by atoms with Crippen molar-refractivity contribution in [1.29, 1.82) is 0 Å². The molecule has 0 saturated carbocycles. The van der Waals surface area contributed by atoms with Crippen LogP contribution in [0.4, 0.5) is 0 Å². The fourth-order valence-electron chi connectivity index (χ4n) is 2.05. The monoisotopic (exact) mass is 270 g/mol. The third kappa shape index (κ3) is 2.99. The largest absolute Gasteiger partial charge is 0.334 e. The van der Waals surface area contributed by atoms with E-state index < -0.39 is 0 Å². The molecule has 20 heavy (non-hydrogen) atoms. The second kappa shape index (κ2) is 5.77. The van der Waals surface area contributed by atoms with Crippen LogP contribution in [0.15, 0.2) is 30.6 Å². The minimum atomic E-state index is -0.108. The smallest absolute Gasteiger partial charge is 0.272 e. The van der Waals surface area contributed by atoms with Gasteiger partial charge in [-0.1, -0.05) is 0 Å². The van der Waals surface area contributed by atoms with Gasteiger partial charge >= 0.3 is 0 Å². The summed E-state index contributed by atoms with van der Waals surface area (Å²) >= 11 is 0. The number of amides is 1. The molecule has 0 aromatic carbocycles. The predicted molar refractivity (Wildman–Crippen MR) is 76.3 cm³/mol. The second-order valence-corrected chi connectivity index (χ2v) is 4.81. The van der Waals surface area contributed by atoms with Gasteiger partial charge < -0.3 is 4.90 Å². The van der Waals surface area contributed by atoms with Gasteiger partial charge in [0.2, 0.25) is 0 Å². The number of hydrogen-bond acceptors (Lipinski definition) is 4. The summed E-state index contributed by atoms with van der Waals surface area (Å²) in [5.41, 5.74) is 2.27. The van der Waals surface area contributed by atoms with Crippen molar-refractivity contribution in [2.24, 2.45) is 0 Å². The molecule has 0 radical (unpaired) electrons. The lowest BCUT2D eigenvalue weighted by Crippen LogP contribution is -2.30. The number of carbonyl (C=O) groups is 1. The first-order valence-corrected chi connectivity index (χ1v) is 6.48. The Morgan fingerprint density at radius 2 is 1.85 bits per heavy atom. The van der Waals surface area contributed by atoms with Gasteiger partial charge in [0.1, 0.15) is 11.5 Å². The molecule has 0 aliphatic rings. The maximum Gasteiger partial charge on any atom is 0.272 e. The fourth-order valence-corrected chi connectivity index (χ4v) is 2.05. The quantitative estimate of drug-likeness (QED) is 0.858. The van der Waals surface area contributed by atoms with Crippen LogP contribution in [-0.2, 0) is 0 Å². The van der Waals surface area contributed by atoms with E-state index in [0.29, 0.717) is 11.5 Å². The van der Waals surface area contributed by atoms with Crippen LogP contribution in [0.3, 0.4) is 0 Å². The maximum absolute atomic E-state index is 12.5. The van der Waals surface area contributed by atoms with Crippen molar-refractivity contribution in [3.63, 3.8) is 0 Å². The Bertz CT molecular complexity index is 592. The highest BCUT2D eigenvalue weighted by atomic mass is 16.2. The van der Waals surface area contributed by atoms with E-state index in [-0.39, 0.29) is 11.9 Å². The molecule has 2 aromatic heterocycles. The van der Waals surface area contributed by atoms with E-state index in [9.17, 15) is 4.79 Å². The standard InChI is InChI=1S/C15H18N4O/c1-10-9-14(18-12(3)17-10)15(20)19(4)11(2)13-5-7-16-8-6-13/h5-9,11H,1-4H3/t11-/m1/s1. The maximum atomic E-state index is 12.5. The van der Waals surface area contributed by atoms with E-state index in [4.69, 9.17) is 0 Å². The van der Waals surface area contributed by atoms with Gasteiger partial charge in [-0.15, -0.1) is 0 Å². The minimum Gasteiger partial charge on any atom is -0.334 e. The van der Waals surface area contributed by atoms with Gasteiger partial charge in [-0.2, -0.15) is 0 Å². The van der Waals surface area contributed by atoms with E-state index in [1.165, 1.54) is 0 Å². The number of nitrogens with zero attached hydrogens (tertiary/aromatic N) is 4. The molecule has 5 heteroatoms. The molecule has 0 unspecified atom stereocenters. The molecular formula is C15H18N4O. The Hall–Kier alpha value is -2.30. The Kier molecular flexibility index (Phi) is 4.08. The molecular weight excluding hydrogens is 252 g/mol. The topological polar surface area (TPSA) is 59.0 Å². The predicted octanol–water partition coefficient (Wildman–Crippen LogP) is 2.32. The molecule has 0 fully saturated rings. The molecule has 2 aromatic rings. The van der Waals surface area contributed by atoms with Crippen LogP contribution in [0.1, 0.15) is 40.5 Å². The summed E-state index contributed by atoms with van der Waals surface area (Å²) in [6, 6.07) is 5.49. The summed E-state index contributed by atoms with van der Waals surface area (Å²) in [7, 11) is 1.78. The number of rotatable bonds is 3. The van der Waals surface area contributed by atoms with E-state index >= 15 is 0 Å². The molecule has 0 aliphatic carbocycles. The Labute approximate surface area is 118 Å². The third-order valence-electron chi connectivity index (χ3n) is 3.27. The van der Waals surface area contributed by atoms with Crippen LogP contribution in [0, 0.1) is 13.8 Å². The first kappa shape index (κ1) is 14.1. The minimum absolute atomic E-state index is 0.0407. The van der Waals surface area contributed by atoms with Gasteiger partial charge in [0.15, 0.2) is 0 Å². The van der Waals surface area contributed by atoms with Gasteiger partial charge in [0.05, 0.1) is 6.04 Å². The molecule has 104 valence electrons. The Balaban J connectivity index is 2.24. The molecule has 5 nitrogen and oxygen atoms in total. The van der Waals surface area contributed by atoms with Crippen molar-refractivity contribution >= 4 is 5.91 Å². The van der Waals surface area contributed by atoms with Crippen LogP contribution >= 0.6 is 0 Å². The lowest BCUT2D eigenvalue weighted by Gasteiger charge is -2.25. The summed E-state index contributed by atoms with van der Waals surface area (Å²) < 4.78 is 0. The van der Waals surface area contributed by atoms with Crippen molar-refractivity contribution in [3.05, 3.63) is 53.4 Å². The van der Waals surface area contributed by atoms with Crippen molar-refractivity contribution in [2.45, 2.75) is 26.8 Å². The van der Waals surface area contributed by atoms with Gasteiger partial charge in [-0.25, -0.2) is 9.97 Å². The highest BCUT2D eigenvalue weighted by Gasteiger charge is 2.20. The fraction of sp³-hybridized carbons (Fsp3) is 0.333. The molecule has 0 N–H and O–H groups in total. The number of aromatic nitrogens is 3. The number of pyridine rings is 1. The number of hydrogen-bond donors (Lipinski definition) is 0. The van der Waals surface area contributed by atoms with Gasteiger partial charge in [0.25, 0.3) is 5.91 Å². The van der Waals surface area contributed by atoms with Crippen molar-refractivity contribution in [3.8, 4) is 0 Å². The van der Waals surface area contributed by atoms with Crippen molar-refractivity contribution in [2.75, 3.05) is 7.05 Å². The van der Waals surface area contributed by atoms with Crippen molar-refractivity contribution in [1.82, 2.24) is 19.9 Å². The second-order valence-electron chi connectivity index (χ2n) is 4.81. The van der Waals surface area contributed by atoms with E-state index in [1.807, 2.05) is 26.0 Å². The van der Waals surface area contributed by atoms with Gasteiger partial charge in [-0.3, -0.25) is 9.78 Å². The molecule has 2 rings (SSSR count). The first-order chi connectivity index (χ1) is 9.49. The summed E-state index contributed by atoms with van der Waals surface area (Å²) in [4.78, 5) is 26.6. The average molecular weight is 270 g/mol. The van der Waals surface area contributed by atoms with Crippen molar-refractivity contribution < 1.29 is 4.79 Å². The molecule has 1 amide bonds. The van der Waals surface area contributed by atoms with Crippen LogP contribution in [-0.4, -0.2) is 32.8 Å². The van der Waals surface area contributed by atoms with E-state index in [2.05, 4.69) is 15.0 Å². The molecule has 1 atom stereocenters. The van der Waals surface area contributed by atoms with Crippen LogP contribution < -0.4 is 0 Å². The normalized spacial score (nSPS) is 12.0. The summed E-state index contributed by atoms with van der Waals surface area (Å²) in [6.45, 7) is 5.63. The van der Waals surface area contributed by atoms with E-state index in [0.717, 1.165) is 11.3 Å². The zero-order valence-electron chi connectivity index (χ0n) is 12.2. The molecule has 0 saturated heterocycles. The summed E-state index contributed by atoms with van der Waals surface area (Å²) in [5.74, 6) is 0.501. The van der Waals surface area contributed by atoms with Crippen LogP contribution in [0.25, 0.3) is 0 Å². The number of carbonyl (C=O) groups excluding carboxylic acids is 1. The molecule has 0 bridgehead atoms. The average Bonchev–Trinajstić information content (AvgIpc) is 2.45. The molecule has 0 aliphatic heterocycles. The first-order valence-electron chi connectivity index (χ1n) is 6.48. The zero-order valence-corrected chi connectivity index (χ0v) is 12.2. The molecule has 2 heterocycles. The van der Waals surface area contributed by atoms with Crippen LogP contribution in [0.5, 0.6) is 0 Å². The Morgan fingerprint density at radius 1 is 1.20 bits per heavy atom. The van der Waals surface area contributed by atoms with Gasteiger partial charge in [-0.05, 0) is 44.5 Å². The summed E-state index contributed by atoms with van der Waals surface area (Å²) in [5, 5.41) is 0. The summed E-state index contributed by atoms with van der Waals surface area (Å²) in [6.07, 6.45) is 3.45. The Morgan fingerprint density at radius 3 is 2.45 bits per heavy atom. The van der Waals surface area contributed by atoms with Crippen LogP contribution in [0.2, 0.25) is 0 Å². The highest BCUT2D eigenvalue weighted by Crippen LogP contribution is 2.19. The highest BCUT2D eigenvalue weighted by molar-refractivity contribution is 5.92. The lowest BCUT2D eigenvalue weighted by molar-refractivity contribution is 0.0736. The lowest BCUT2D eigenvalue weighted by atomic mass is 10.1. The SMILES string of the molecule is Cc1cc(C(=O)N(C)[C@H](C)c2ccncc2)nc(C)n1. The number of aryl methyl sites for hydroxylation is 2. The zero-order chi connectivity index (χ0) is 14.7. The van der Waals surface area contributed by atoms with Gasteiger partial charge in [0, 0.05) is 25.1 Å².